The molecule has 2 heterocycles. The molecule has 0 saturated carbocycles. The first-order chi connectivity index (χ1) is 9.54. The van der Waals surface area contributed by atoms with Crippen LogP contribution >= 0.6 is 11.6 Å². The lowest BCUT2D eigenvalue weighted by Gasteiger charge is -2.10. The quantitative estimate of drug-likeness (QED) is 0.739. The topological polar surface area (TPSA) is 55.1 Å². The van der Waals surface area contributed by atoms with Crippen LogP contribution in [0.3, 0.4) is 0 Å². The summed E-state index contributed by atoms with van der Waals surface area (Å²) in [6.07, 6.45) is 1.21. The Bertz CT molecular complexity index is 781. The van der Waals surface area contributed by atoms with Crippen molar-refractivity contribution in [3.8, 4) is 0 Å². The summed E-state index contributed by atoms with van der Waals surface area (Å²) in [5, 5.41) is 6.36. The molecular weight excluding hydrogens is 295 g/mol. The largest absolute Gasteiger partial charge is 0.335 e. The molecule has 0 aliphatic carbocycles. The molecule has 0 fully saturated rings. The lowest BCUT2D eigenvalue weighted by atomic mass is 10.2. The van der Waals surface area contributed by atoms with Gasteiger partial charge >= 0.3 is 0 Å². The van der Waals surface area contributed by atoms with Gasteiger partial charge in [0.2, 0.25) is 0 Å². The summed E-state index contributed by atoms with van der Waals surface area (Å²) in [6, 6.07) is 2.44. The zero-order chi connectivity index (χ0) is 14.3. The van der Waals surface area contributed by atoms with Gasteiger partial charge in [0, 0.05) is 18.2 Å². The molecular formula is C11H5ClF3N5. The molecule has 0 bridgehead atoms. The minimum atomic E-state index is -1.08. The summed E-state index contributed by atoms with van der Waals surface area (Å²) in [4.78, 5) is 7.67. The summed E-state index contributed by atoms with van der Waals surface area (Å²) in [6.45, 7) is 0. The Hall–Kier alpha value is -2.35. The van der Waals surface area contributed by atoms with E-state index in [1.54, 1.807) is 0 Å². The molecule has 5 nitrogen and oxygen atoms in total. The fourth-order valence-corrected chi connectivity index (χ4v) is 1.84. The maximum Gasteiger partial charge on any atom is 0.255 e. The Kier molecular flexibility index (Phi) is 2.94. The fourth-order valence-electron chi connectivity index (χ4n) is 1.66. The van der Waals surface area contributed by atoms with Crippen LogP contribution in [-0.4, -0.2) is 19.6 Å². The molecule has 0 radical (unpaired) electrons. The number of anilines is 2. The first kappa shape index (κ1) is 12.7. The lowest BCUT2D eigenvalue weighted by Crippen LogP contribution is -2.05. The molecule has 0 unspecified atom stereocenters. The number of halogens is 4. The van der Waals surface area contributed by atoms with Crippen LogP contribution < -0.4 is 5.32 Å². The van der Waals surface area contributed by atoms with Gasteiger partial charge in [0.25, 0.3) is 5.78 Å². The highest BCUT2D eigenvalue weighted by Crippen LogP contribution is 2.25. The minimum absolute atomic E-state index is 0.0657. The van der Waals surface area contributed by atoms with Crippen LogP contribution in [0.5, 0.6) is 0 Å². The summed E-state index contributed by atoms with van der Waals surface area (Å²) in [5.74, 6) is -2.87. The van der Waals surface area contributed by atoms with Crippen LogP contribution in [0.4, 0.5) is 24.7 Å². The Balaban J connectivity index is 2.12. The zero-order valence-electron chi connectivity index (χ0n) is 9.61. The Morgan fingerprint density at radius 2 is 1.80 bits per heavy atom. The molecule has 0 saturated heterocycles. The standard InChI is InChI=1S/C11H5ClF3N5/c12-8-3-9(20-11(18-8)16-4-17-20)19-10-6(14)1-5(13)2-7(10)15/h1-4,19H. The number of fused-ring (bicyclic) bond motifs is 1. The van der Waals surface area contributed by atoms with E-state index in [4.69, 9.17) is 11.6 Å². The number of aromatic nitrogens is 4. The number of nitrogens with zero attached hydrogens (tertiary/aromatic N) is 4. The number of hydrogen-bond acceptors (Lipinski definition) is 4. The SMILES string of the molecule is Fc1cc(F)c(Nc2cc(Cl)nc3ncnn23)c(F)c1. The number of benzene rings is 1. The van der Waals surface area contributed by atoms with Crippen molar-refractivity contribution in [2.24, 2.45) is 0 Å². The predicted molar refractivity (Wildman–Crippen MR) is 65.4 cm³/mol. The molecule has 0 atom stereocenters. The van der Waals surface area contributed by atoms with E-state index in [0.717, 1.165) is 0 Å². The molecule has 2 aromatic heterocycles. The van der Waals surface area contributed by atoms with Crippen molar-refractivity contribution in [1.29, 1.82) is 0 Å². The van der Waals surface area contributed by atoms with E-state index in [1.807, 2.05) is 0 Å². The highest BCUT2D eigenvalue weighted by atomic mass is 35.5. The van der Waals surface area contributed by atoms with E-state index in [0.29, 0.717) is 12.1 Å². The van der Waals surface area contributed by atoms with E-state index in [9.17, 15) is 13.2 Å². The van der Waals surface area contributed by atoms with Crippen LogP contribution in [0.15, 0.2) is 24.5 Å². The lowest BCUT2D eigenvalue weighted by molar-refractivity contribution is 0.548. The highest BCUT2D eigenvalue weighted by Gasteiger charge is 2.14. The van der Waals surface area contributed by atoms with Crippen LogP contribution in [-0.2, 0) is 0 Å². The van der Waals surface area contributed by atoms with Crippen LogP contribution in [0.1, 0.15) is 0 Å². The number of hydrogen-bond donors (Lipinski definition) is 1. The van der Waals surface area contributed by atoms with Crippen LogP contribution in [0.2, 0.25) is 5.15 Å². The van der Waals surface area contributed by atoms with Gasteiger partial charge in [0.05, 0.1) is 0 Å². The van der Waals surface area contributed by atoms with E-state index in [1.165, 1.54) is 16.9 Å². The third-order valence-corrected chi connectivity index (χ3v) is 2.67. The monoisotopic (exact) mass is 299 g/mol. The Morgan fingerprint density at radius 3 is 2.50 bits per heavy atom. The molecule has 1 aromatic carbocycles. The maximum absolute atomic E-state index is 13.6. The normalized spacial score (nSPS) is 11.0. The molecule has 0 amide bonds. The van der Waals surface area contributed by atoms with Gasteiger partial charge in [-0.05, 0) is 0 Å². The van der Waals surface area contributed by atoms with Gasteiger partial charge in [0.15, 0.2) is 11.6 Å². The summed E-state index contributed by atoms with van der Waals surface area (Å²) in [5.41, 5.74) is -0.523. The summed E-state index contributed by atoms with van der Waals surface area (Å²) < 4.78 is 41.2. The average molecular weight is 300 g/mol. The predicted octanol–water partition coefficient (Wildman–Crippen LogP) is 2.94. The second kappa shape index (κ2) is 4.64. The van der Waals surface area contributed by atoms with Crippen molar-refractivity contribution >= 4 is 28.9 Å². The van der Waals surface area contributed by atoms with Gasteiger partial charge in [-0.2, -0.15) is 19.6 Å². The van der Waals surface area contributed by atoms with E-state index in [-0.39, 0.29) is 16.7 Å². The van der Waals surface area contributed by atoms with Crippen molar-refractivity contribution in [3.63, 3.8) is 0 Å². The Morgan fingerprint density at radius 1 is 1.10 bits per heavy atom. The van der Waals surface area contributed by atoms with Gasteiger partial charge in [-0.3, -0.25) is 0 Å². The van der Waals surface area contributed by atoms with Crippen LogP contribution in [0, 0.1) is 17.5 Å². The molecule has 0 aliphatic rings. The van der Waals surface area contributed by atoms with Crippen LogP contribution in [0.25, 0.3) is 5.78 Å². The number of rotatable bonds is 2. The first-order valence-electron chi connectivity index (χ1n) is 5.32. The van der Waals surface area contributed by atoms with E-state index < -0.39 is 23.1 Å². The van der Waals surface area contributed by atoms with Crippen molar-refractivity contribution in [3.05, 3.63) is 47.1 Å². The first-order valence-corrected chi connectivity index (χ1v) is 5.70. The average Bonchev–Trinajstić information content (AvgIpc) is 2.81. The highest BCUT2D eigenvalue weighted by molar-refractivity contribution is 6.29. The van der Waals surface area contributed by atoms with Gasteiger partial charge in [-0.25, -0.2) is 13.2 Å². The van der Waals surface area contributed by atoms with Gasteiger partial charge in [-0.1, -0.05) is 11.6 Å². The molecule has 3 rings (SSSR count). The molecule has 0 aliphatic heterocycles. The van der Waals surface area contributed by atoms with Crippen molar-refractivity contribution in [2.45, 2.75) is 0 Å². The second-order valence-electron chi connectivity index (χ2n) is 3.81. The third-order valence-electron chi connectivity index (χ3n) is 2.48. The second-order valence-corrected chi connectivity index (χ2v) is 4.19. The molecule has 3 aromatic rings. The smallest absolute Gasteiger partial charge is 0.255 e. The van der Waals surface area contributed by atoms with Gasteiger partial charge < -0.3 is 5.32 Å². The molecule has 9 heteroatoms. The maximum atomic E-state index is 13.6. The molecule has 1 N–H and O–H groups in total. The number of nitrogens with one attached hydrogen (secondary N) is 1. The van der Waals surface area contributed by atoms with Crippen molar-refractivity contribution in [1.82, 2.24) is 19.6 Å². The minimum Gasteiger partial charge on any atom is -0.335 e. The van der Waals surface area contributed by atoms with E-state index >= 15 is 0 Å². The van der Waals surface area contributed by atoms with Gasteiger partial charge in [0.1, 0.15) is 28.8 Å². The summed E-state index contributed by atoms with van der Waals surface area (Å²) >= 11 is 5.77. The van der Waals surface area contributed by atoms with Crippen molar-refractivity contribution in [2.75, 3.05) is 5.32 Å². The third kappa shape index (κ3) is 2.14. The van der Waals surface area contributed by atoms with Crippen molar-refractivity contribution < 1.29 is 13.2 Å². The van der Waals surface area contributed by atoms with Gasteiger partial charge in [-0.15, -0.1) is 0 Å². The zero-order valence-corrected chi connectivity index (χ0v) is 10.4. The molecule has 0 spiro atoms. The Labute approximate surface area is 115 Å². The van der Waals surface area contributed by atoms with E-state index in [2.05, 4.69) is 20.4 Å². The fraction of sp³-hybridized carbons (Fsp3) is 0. The molecule has 20 heavy (non-hydrogen) atoms. The summed E-state index contributed by atoms with van der Waals surface area (Å²) in [7, 11) is 0. The molecule has 102 valence electrons.